The Kier molecular flexibility index (Phi) is 4.72. The van der Waals surface area contributed by atoms with Crippen LogP contribution in [0.4, 0.5) is 0 Å². The molecule has 1 unspecified atom stereocenters. The summed E-state index contributed by atoms with van der Waals surface area (Å²) in [5.41, 5.74) is 8.46. The maximum absolute atomic E-state index is 12.1. The van der Waals surface area contributed by atoms with Crippen LogP contribution in [0, 0.1) is 0 Å². The Morgan fingerprint density at radius 1 is 1.61 bits per heavy atom. The molecule has 1 aliphatic carbocycles. The highest BCUT2D eigenvalue weighted by Gasteiger charge is 2.25. The van der Waals surface area contributed by atoms with E-state index in [2.05, 4.69) is 10.3 Å². The summed E-state index contributed by atoms with van der Waals surface area (Å²) in [5.74, 6) is 0.505. The van der Waals surface area contributed by atoms with Gasteiger partial charge in [-0.3, -0.25) is 4.79 Å². The van der Waals surface area contributed by atoms with E-state index >= 15 is 0 Å². The van der Waals surface area contributed by atoms with Gasteiger partial charge in [-0.2, -0.15) is 0 Å². The zero-order valence-electron chi connectivity index (χ0n) is 10.8. The molecule has 0 saturated heterocycles. The van der Waals surface area contributed by atoms with Crippen LogP contribution in [0.25, 0.3) is 0 Å². The second-order valence-electron chi connectivity index (χ2n) is 5.07. The Bertz CT molecular complexity index is 397. The van der Waals surface area contributed by atoms with E-state index in [-0.39, 0.29) is 11.9 Å². The lowest BCUT2D eigenvalue weighted by Gasteiger charge is -2.10. The van der Waals surface area contributed by atoms with Gasteiger partial charge in [0.25, 0.3) is 5.91 Å². The summed E-state index contributed by atoms with van der Waals surface area (Å²) in [7, 11) is 0. The number of carbonyl (C=O) groups is 1. The van der Waals surface area contributed by atoms with Crippen molar-refractivity contribution in [1.82, 2.24) is 10.3 Å². The van der Waals surface area contributed by atoms with Crippen LogP contribution in [0.1, 0.15) is 60.3 Å². The quantitative estimate of drug-likeness (QED) is 0.860. The molecule has 1 amide bonds. The molecule has 3 N–H and O–H groups in total. The molecule has 1 fully saturated rings. The number of amides is 1. The molecular weight excluding hydrogens is 246 g/mol. The molecule has 1 heterocycles. The molecule has 1 aromatic heterocycles. The van der Waals surface area contributed by atoms with Crippen LogP contribution in [0.2, 0.25) is 0 Å². The molecule has 0 aromatic carbocycles. The molecule has 0 spiro atoms. The Hall–Kier alpha value is -0.940. The topological polar surface area (TPSA) is 68.0 Å². The lowest BCUT2D eigenvalue weighted by atomic mass is 10.0. The molecule has 18 heavy (non-hydrogen) atoms. The van der Waals surface area contributed by atoms with Gasteiger partial charge >= 0.3 is 0 Å². The van der Waals surface area contributed by atoms with Crippen LogP contribution in [0.5, 0.6) is 0 Å². The number of nitrogens with two attached hydrogens (primary N) is 1. The monoisotopic (exact) mass is 267 g/mol. The average Bonchev–Trinajstić information content (AvgIpc) is 2.99. The number of hydrogen-bond acceptors (Lipinski definition) is 4. The van der Waals surface area contributed by atoms with Crippen molar-refractivity contribution in [1.29, 1.82) is 0 Å². The van der Waals surface area contributed by atoms with Crippen LogP contribution in [-0.4, -0.2) is 23.5 Å². The third kappa shape index (κ3) is 3.29. The standard InChI is InChI=1S/C13H21N3OS/c1-9(14)6-7-15-13(17)12-11(16-8-18-12)10-4-2-3-5-10/h8-10H,2-7,14H2,1H3,(H,15,17). The predicted molar refractivity (Wildman–Crippen MR) is 73.9 cm³/mol. The first-order valence-corrected chi connectivity index (χ1v) is 7.53. The van der Waals surface area contributed by atoms with Crippen LogP contribution in [-0.2, 0) is 0 Å². The fourth-order valence-electron chi connectivity index (χ4n) is 2.41. The van der Waals surface area contributed by atoms with Crippen molar-refractivity contribution in [3.05, 3.63) is 16.1 Å². The second kappa shape index (κ2) is 6.29. The van der Waals surface area contributed by atoms with E-state index in [0.29, 0.717) is 12.5 Å². The molecule has 1 atom stereocenters. The number of carbonyl (C=O) groups excluding carboxylic acids is 1. The fraction of sp³-hybridized carbons (Fsp3) is 0.692. The van der Waals surface area contributed by atoms with E-state index in [4.69, 9.17) is 5.73 Å². The highest BCUT2D eigenvalue weighted by Crippen LogP contribution is 2.36. The van der Waals surface area contributed by atoms with Crippen molar-refractivity contribution in [2.45, 2.75) is 51.0 Å². The third-order valence-corrected chi connectivity index (χ3v) is 4.27. The minimum Gasteiger partial charge on any atom is -0.351 e. The summed E-state index contributed by atoms with van der Waals surface area (Å²) in [6.07, 6.45) is 5.67. The Morgan fingerprint density at radius 2 is 2.33 bits per heavy atom. The number of nitrogens with zero attached hydrogens (tertiary/aromatic N) is 1. The molecule has 0 aliphatic heterocycles. The van der Waals surface area contributed by atoms with Crippen molar-refractivity contribution in [3.63, 3.8) is 0 Å². The van der Waals surface area contributed by atoms with Gasteiger partial charge in [-0.1, -0.05) is 12.8 Å². The molecule has 1 saturated carbocycles. The van der Waals surface area contributed by atoms with Gasteiger partial charge in [-0.25, -0.2) is 4.98 Å². The number of rotatable bonds is 5. The minimum absolute atomic E-state index is 0.0139. The van der Waals surface area contributed by atoms with Crippen LogP contribution in [0.15, 0.2) is 5.51 Å². The first kappa shape index (κ1) is 13.5. The first-order valence-electron chi connectivity index (χ1n) is 6.65. The van der Waals surface area contributed by atoms with Gasteiger partial charge in [-0.15, -0.1) is 11.3 Å². The lowest BCUT2D eigenvalue weighted by molar-refractivity contribution is 0.0955. The number of aromatic nitrogens is 1. The summed E-state index contributed by atoms with van der Waals surface area (Å²) >= 11 is 1.45. The Labute approximate surface area is 112 Å². The smallest absolute Gasteiger partial charge is 0.263 e. The van der Waals surface area contributed by atoms with Gasteiger partial charge in [0, 0.05) is 18.5 Å². The highest BCUT2D eigenvalue weighted by molar-refractivity contribution is 7.11. The molecule has 1 aromatic rings. The van der Waals surface area contributed by atoms with Gasteiger partial charge in [0.2, 0.25) is 0 Å². The zero-order valence-corrected chi connectivity index (χ0v) is 11.6. The van der Waals surface area contributed by atoms with Gasteiger partial charge in [-0.05, 0) is 26.2 Å². The summed E-state index contributed by atoms with van der Waals surface area (Å²) in [6.45, 7) is 2.58. The molecule has 5 heteroatoms. The molecule has 2 rings (SSSR count). The zero-order chi connectivity index (χ0) is 13.0. The molecule has 0 radical (unpaired) electrons. The van der Waals surface area contributed by atoms with Crippen molar-refractivity contribution >= 4 is 17.2 Å². The minimum atomic E-state index is 0.0139. The molecule has 0 bridgehead atoms. The maximum Gasteiger partial charge on any atom is 0.263 e. The van der Waals surface area contributed by atoms with Crippen molar-refractivity contribution in [3.8, 4) is 0 Å². The third-order valence-electron chi connectivity index (χ3n) is 3.43. The Morgan fingerprint density at radius 3 is 3.00 bits per heavy atom. The summed E-state index contributed by atoms with van der Waals surface area (Å²) in [6, 6.07) is 0.126. The van der Waals surface area contributed by atoms with Crippen molar-refractivity contribution < 1.29 is 4.79 Å². The SMILES string of the molecule is CC(N)CCNC(=O)c1scnc1C1CCCC1. The molecular formula is C13H21N3OS. The van der Waals surface area contributed by atoms with E-state index in [1.165, 1.54) is 37.0 Å². The average molecular weight is 267 g/mol. The fourth-order valence-corrected chi connectivity index (χ4v) is 3.20. The van der Waals surface area contributed by atoms with Gasteiger partial charge < -0.3 is 11.1 Å². The molecule has 100 valence electrons. The van der Waals surface area contributed by atoms with E-state index in [0.717, 1.165) is 17.0 Å². The number of thiazole rings is 1. The predicted octanol–water partition coefficient (Wildman–Crippen LogP) is 2.27. The Balaban J connectivity index is 1.95. The number of nitrogens with one attached hydrogen (secondary N) is 1. The molecule has 4 nitrogen and oxygen atoms in total. The van der Waals surface area contributed by atoms with Gasteiger partial charge in [0.1, 0.15) is 4.88 Å². The van der Waals surface area contributed by atoms with Gasteiger partial charge in [0.15, 0.2) is 0 Å². The highest BCUT2D eigenvalue weighted by atomic mass is 32.1. The maximum atomic E-state index is 12.1. The van der Waals surface area contributed by atoms with E-state index < -0.39 is 0 Å². The second-order valence-corrected chi connectivity index (χ2v) is 5.92. The van der Waals surface area contributed by atoms with E-state index in [1.54, 1.807) is 5.51 Å². The largest absolute Gasteiger partial charge is 0.351 e. The number of hydrogen-bond donors (Lipinski definition) is 2. The summed E-state index contributed by atoms with van der Waals surface area (Å²) < 4.78 is 0. The van der Waals surface area contributed by atoms with E-state index in [9.17, 15) is 4.79 Å². The van der Waals surface area contributed by atoms with Crippen LogP contribution < -0.4 is 11.1 Å². The van der Waals surface area contributed by atoms with Crippen LogP contribution >= 0.6 is 11.3 Å². The van der Waals surface area contributed by atoms with E-state index in [1.807, 2.05) is 6.92 Å². The lowest BCUT2D eigenvalue weighted by Crippen LogP contribution is -2.29. The normalized spacial score (nSPS) is 17.9. The van der Waals surface area contributed by atoms with Gasteiger partial charge in [0.05, 0.1) is 11.2 Å². The summed E-state index contributed by atoms with van der Waals surface area (Å²) in [5, 5.41) is 2.93. The van der Waals surface area contributed by atoms with Crippen LogP contribution in [0.3, 0.4) is 0 Å². The first-order chi connectivity index (χ1) is 8.68. The van der Waals surface area contributed by atoms with Crippen molar-refractivity contribution in [2.24, 2.45) is 5.73 Å². The van der Waals surface area contributed by atoms with Crippen molar-refractivity contribution in [2.75, 3.05) is 6.54 Å². The summed E-state index contributed by atoms with van der Waals surface area (Å²) in [4.78, 5) is 17.3. The molecule has 1 aliphatic rings.